The van der Waals surface area contributed by atoms with Gasteiger partial charge in [-0.1, -0.05) is 12.1 Å². The van der Waals surface area contributed by atoms with Crippen molar-refractivity contribution in [3.05, 3.63) is 29.8 Å². The molecule has 0 unspecified atom stereocenters. The molecule has 4 nitrogen and oxygen atoms in total. The summed E-state index contributed by atoms with van der Waals surface area (Å²) in [7, 11) is 3.09. The molecule has 17 heavy (non-hydrogen) atoms. The monoisotopic (exact) mass is 273 g/mol. The van der Waals surface area contributed by atoms with E-state index in [1.807, 2.05) is 0 Å². The second kappa shape index (κ2) is 4.31. The molecule has 92 valence electrons. The van der Waals surface area contributed by atoms with Crippen molar-refractivity contribution in [2.24, 2.45) is 0 Å². The van der Waals surface area contributed by atoms with Crippen molar-refractivity contribution >= 4 is 25.6 Å². The van der Waals surface area contributed by atoms with Crippen LogP contribution < -0.4 is 0 Å². The molecule has 0 N–H and O–H groups in total. The summed E-state index contributed by atoms with van der Waals surface area (Å²) in [5.41, 5.74) is 0.136. The molecule has 1 aromatic carbocycles. The smallest absolute Gasteiger partial charge is 0.262 e. The van der Waals surface area contributed by atoms with Gasteiger partial charge in [0, 0.05) is 23.8 Å². The fraction of sp³-hybridized carbons (Fsp3) is 0.364. The average molecular weight is 274 g/mol. The Kier molecular flexibility index (Phi) is 3.14. The predicted octanol–water partition coefficient (Wildman–Crippen LogP) is 1.85. The van der Waals surface area contributed by atoms with Gasteiger partial charge in [0.25, 0.3) is 15.0 Å². The minimum atomic E-state index is -3.89. The van der Waals surface area contributed by atoms with Gasteiger partial charge in [-0.05, 0) is 25.0 Å². The van der Waals surface area contributed by atoms with Gasteiger partial charge >= 0.3 is 0 Å². The fourth-order valence-electron chi connectivity index (χ4n) is 1.67. The standard InChI is InChI=1S/C11H12ClNO3S/c1-13(8-6-7-8)11(14)9-4-2-3-5-10(9)17(12,15)16/h2-5,8H,6-7H2,1H3. The number of amides is 1. The maximum atomic E-state index is 12.1. The Morgan fingerprint density at radius 2 is 1.94 bits per heavy atom. The lowest BCUT2D eigenvalue weighted by Gasteiger charge is -2.17. The van der Waals surface area contributed by atoms with Crippen LogP contribution in [-0.4, -0.2) is 32.3 Å². The maximum Gasteiger partial charge on any atom is 0.262 e. The van der Waals surface area contributed by atoms with Crippen molar-refractivity contribution in [1.82, 2.24) is 4.90 Å². The molecule has 1 saturated carbocycles. The van der Waals surface area contributed by atoms with Crippen LogP contribution in [-0.2, 0) is 9.05 Å². The lowest BCUT2D eigenvalue weighted by atomic mass is 10.2. The van der Waals surface area contributed by atoms with Crippen molar-refractivity contribution in [3.8, 4) is 0 Å². The molecule has 0 atom stereocenters. The topological polar surface area (TPSA) is 54.5 Å². The Morgan fingerprint density at radius 3 is 2.47 bits per heavy atom. The summed E-state index contributed by atoms with van der Waals surface area (Å²) in [6.07, 6.45) is 1.94. The van der Waals surface area contributed by atoms with Crippen LogP contribution in [0.5, 0.6) is 0 Å². The first kappa shape index (κ1) is 12.4. The molecule has 0 heterocycles. The molecule has 1 aliphatic rings. The largest absolute Gasteiger partial charge is 0.339 e. The average Bonchev–Trinajstić information content (AvgIpc) is 3.10. The molecule has 0 radical (unpaired) electrons. The van der Waals surface area contributed by atoms with Crippen molar-refractivity contribution in [2.75, 3.05) is 7.05 Å². The highest BCUT2D eigenvalue weighted by Crippen LogP contribution is 2.28. The van der Waals surface area contributed by atoms with Crippen LogP contribution in [0, 0.1) is 0 Å². The number of carbonyl (C=O) groups is 1. The Labute approximate surface area is 105 Å². The van der Waals surface area contributed by atoms with Crippen molar-refractivity contribution in [2.45, 2.75) is 23.8 Å². The highest BCUT2D eigenvalue weighted by molar-refractivity contribution is 8.13. The van der Waals surface area contributed by atoms with Gasteiger partial charge in [-0.2, -0.15) is 0 Å². The number of hydrogen-bond donors (Lipinski definition) is 0. The number of benzene rings is 1. The van der Waals surface area contributed by atoms with E-state index in [4.69, 9.17) is 10.7 Å². The highest BCUT2D eigenvalue weighted by atomic mass is 35.7. The molecule has 0 spiro atoms. The van der Waals surface area contributed by atoms with E-state index in [9.17, 15) is 13.2 Å². The highest BCUT2D eigenvalue weighted by Gasteiger charge is 2.32. The van der Waals surface area contributed by atoms with Crippen molar-refractivity contribution in [3.63, 3.8) is 0 Å². The second-order valence-electron chi connectivity index (χ2n) is 4.08. The summed E-state index contributed by atoms with van der Waals surface area (Å²) >= 11 is 0. The molecule has 6 heteroatoms. The van der Waals surface area contributed by atoms with Gasteiger partial charge in [0.2, 0.25) is 0 Å². The molecule has 0 aliphatic heterocycles. The zero-order valence-electron chi connectivity index (χ0n) is 9.26. The third-order valence-corrected chi connectivity index (χ3v) is 4.18. The van der Waals surface area contributed by atoms with Crippen LogP contribution >= 0.6 is 10.7 Å². The summed E-state index contributed by atoms with van der Waals surface area (Å²) in [6, 6.07) is 6.23. The van der Waals surface area contributed by atoms with E-state index in [2.05, 4.69) is 0 Å². The quantitative estimate of drug-likeness (QED) is 0.790. The second-order valence-corrected chi connectivity index (χ2v) is 6.62. The van der Waals surface area contributed by atoms with Crippen LogP contribution in [0.15, 0.2) is 29.2 Å². The molecule has 1 amide bonds. The molecule has 1 aliphatic carbocycles. The van der Waals surface area contributed by atoms with Gasteiger partial charge < -0.3 is 4.90 Å². The first-order chi connectivity index (χ1) is 7.91. The van der Waals surface area contributed by atoms with Crippen molar-refractivity contribution in [1.29, 1.82) is 0 Å². The van der Waals surface area contributed by atoms with E-state index < -0.39 is 9.05 Å². The maximum absolute atomic E-state index is 12.1. The number of halogens is 1. The Morgan fingerprint density at radius 1 is 1.35 bits per heavy atom. The van der Waals surface area contributed by atoms with Gasteiger partial charge in [0.1, 0.15) is 0 Å². The Bertz CT molecular complexity index is 552. The van der Waals surface area contributed by atoms with E-state index >= 15 is 0 Å². The number of carbonyl (C=O) groups excluding carboxylic acids is 1. The van der Waals surface area contributed by atoms with Crippen LogP contribution in [0.2, 0.25) is 0 Å². The third kappa shape index (κ3) is 2.61. The lowest BCUT2D eigenvalue weighted by molar-refractivity contribution is 0.0781. The third-order valence-electron chi connectivity index (χ3n) is 2.80. The van der Waals surface area contributed by atoms with E-state index in [0.29, 0.717) is 0 Å². The summed E-state index contributed by atoms with van der Waals surface area (Å²) < 4.78 is 22.7. The first-order valence-corrected chi connectivity index (χ1v) is 7.53. The molecule has 0 saturated heterocycles. The van der Waals surface area contributed by atoms with E-state index in [1.54, 1.807) is 24.1 Å². The Balaban J connectivity index is 2.41. The lowest BCUT2D eigenvalue weighted by Crippen LogP contribution is -2.29. The normalized spacial score (nSPS) is 15.6. The fourth-order valence-corrected chi connectivity index (χ4v) is 2.74. The zero-order valence-corrected chi connectivity index (χ0v) is 10.8. The van der Waals surface area contributed by atoms with Crippen molar-refractivity contribution < 1.29 is 13.2 Å². The molecule has 2 rings (SSSR count). The van der Waals surface area contributed by atoms with Gasteiger partial charge in [-0.15, -0.1) is 0 Å². The molecular formula is C11H12ClNO3S. The van der Waals surface area contributed by atoms with Crippen LogP contribution in [0.4, 0.5) is 0 Å². The number of rotatable bonds is 3. The summed E-state index contributed by atoms with van der Waals surface area (Å²) in [5.74, 6) is -0.299. The van der Waals surface area contributed by atoms with Gasteiger partial charge in [0.15, 0.2) is 0 Å². The molecular weight excluding hydrogens is 262 g/mol. The molecule has 1 aromatic rings. The summed E-state index contributed by atoms with van der Waals surface area (Å²) in [6.45, 7) is 0. The number of nitrogens with zero attached hydrogens (tertiary/aromatic N) is 1. The molecule has 1 fully saturated rings. The summed E-state index contributed by atoms with van der Waals surface area (Å²) in [4.78, 5) is 13.5. The summed E-state index contributed by atoms with van der Waals surface area (Å²) in [5, 5.41) is 0. The van der Waals surface area contributed by atoms with E-state index in [0.717, 1.165) is 12.8 Å². The van der Waals surface area contributed by atoms with Crippen LogP contribution in [0.25, 0.3) is 0 Å². The SMILES string of the molecule is CN(C(=O)c1ccccc1S(=O)(=O)Cl)C1CC1. The van der Waals surface area contributed by atoms with Gasteiger partial charge in [-0.25, -0.2) is 8.42 Å². The minimum absolute atomic E-state index is 0.126. The number of hydrogen-bond acceptors (Lipinski definition) is 3. The zero-order chi connectivity index (χ0) is 12.6. The van der Waals surface area contributed by atoms with Gasteiger partial charge in [0.05, 0.1) is 10.5 Å². The van der Waals surface area contributed by atoms with Gasteiger partial charge in [-0.3, -0.25) is 4.79 Å². The predicted molar refractivity (Wildman–Crippen MR) is 64.6 cm³/mol. The molecule has 0 aromatic heterocycles. The van der Waals surface area contributed by atoms with E-state index in [-0.39, 0.29) is 22.4 Å². The molecule has 0 bridgehead atoms. The Hall–Kier alpha value is -1.07. The van der Waals surface area contributed by atoms with Crippen LogP contribution in [0.1, 0.15) is 23.2 Å². The van der Waals surface area contributed by atoms with Crippen LogP contribution in [0.3, 0.4) is 0 Å². The minimum Gasteiger partial charge on any atom is -0.339 e. The first-order valence-electron chi connectivity index (χ1n) is 5.22. The van der Waals surface area contributed by atoms with E-state index in [1.165, 1.54) is 12.1 Å².